The lowest BCUT2D eigenvalue weighted by Gasteiger charge is -2.20. The standard InChI is InChI=1S/C15H20N4/c1-4-19(5-2)15-10-14(16-11-17-15)18-13-9-7-6-8-12(13)3/h6-11H,4-5H2,1-3H3,(H,16,17,18). The highest BCUT2D eigenvalue weighted by atomic mass is 15.2. The molecule has 0 spiro atoms. The van der Waals surface area contributed by atoms with Crippen LogP contribution in [0.5, 0.6) is 0 Å². The third-order valence-corrected chi connectivity index (χ3v) is 3.15. The number of para-hydroxylation sites is 1. The highest BCUT2D eigenvalue weighted by Gasteiger charge is 2.05. The topological polar surface area (TPSA) is 41.0 Å². The minimum absolute atomic E-state index is 0.825. The minimum Gasteiger partial charge on any atom is -0.357 e. The number of anilines is 3. The monoisotopic (exact) mass is 256 g/mol. The number of benzene rings is 1. The van der Waals surface area contributed by atoms with Gasteiger partial charge in [-0.3, -0.25) is 0 Å². The van der Waals surface area contributed by atoms with E-state index in [1.54, 1.807) is 6.33 Å². The molecule has 0 unspecified atom stereocenters. The molecule has 4 nitrogen and oxygen atoms in total. The molecule has 0 aliphatic rings. The van der Waals surface area contributed by atoms with Crippen LogP contribution in [0.2, 0.25) is 0 Å². The molecule has 2 aromatic rings. The van der Waals surface area contributed by atoms with Gasteiger partial charge in [0.15, 0.2) is 0 Å². The van der Waals surface area contributed by atoms with Crippen LogP contribution in [0.25, 0.3) is 0 Å². The van der Waals surface area contributed by atoms with E-state index in [9.17, 15) is 0 Å². The SMILES string of the molecule is CCN(CC)c1cc(Nc2ccccc2C)ncn1. The predicted octanol–water partition coefficient (Wildman–Crippen LogP) is 3.37. The Balaban J connectivity index is 2.22. The molecule has 19 heavy (non-hydrogen) atoms. The van der Waals surface area contributed by atoms with Crippen molar-refractivity contribution < 1.29 is 0 Å². The summed E-state index contributed by atoms with van der Waals surface area (Å²) in [6.45, 7) is 8.21. The summed E-state index contributed by atoms with van der Waals surface area (Å²) in [5.74, 6) is 1.78. The summed E-state index contributed by atoms with van der Waals surface area (Å²) < 4.78 is 0. The lowest BCUT2D eigenvalue weighted by molar-refractivity contribution is 0.842. The van der Waals surface area contributed by atoms with E-state index in [4.69, 9.17) is 0 Å². The zero-order valence-corrected chi connectivity index (χ0v) is 11.7. The molecule has 0 fully saturated rings. The largest absolute Gasteiger partial charge is 0.357 e. The maximum atomic E-state index is 4.32. The van der Waals surface area contributed by atoms with Crippen molar-refractivity contribution in [2.45, 2.75) is 20.8 Å². The van der Waals surface area contributed by atoms with Gasteiger partial charge in [0.2, 0.25) is 0 Å². The minimum atomic E-state index is 0.825. The van der Waals surface area contributed by atoms with Crippen molar-refractivity contribution in [2.75, 3.05) is 23.3 Å². The third-order valence-electron chi connectivity index (χ3n) is 3.15. The van der Waals surface area contributed by atoms with Gasteiger partial charge in [0, 0.05) is 24.8 Å². The maximum absolute atomic E-state index is 4.32. The van der Waals surface area contributed by atoms with Gasteiger partial charge in [0.25, 0.3) is 0 Å². The fourth-order valence-corrected chi connectivity index (χ4v) is 1.99. The second-order valence-corrected chi connectivity index (χ2v) is 4.37. The first-order chi connectivity index (χ1) is 9.24. The van der Waals surface area contributed by atoms with E-state index in [-0.39, 0.29) is 0 Å². The number of aryl methyl sites for hydroxylation is 1. The lowest BCUT2D eigenvalue weighted by Crippen LogP contribution is -2.23. The quantitative estimate of drug-likeness (QED) is 0.890. The van der Waals surface area contributed by atoms with Crippen molar-refractivity contribution in [2.24, 2.45) is 0 Å². The van der Waals surface area contributed by atoms with Crippen LogP contribution in [0.3, 0.4) is 0 Å². The fraction of sp³-hybridized carbons (Fsp3) is 0.333. The zero-order valence-electron chi connectivity index (χ0n) is 11.7. The van der Waals surface area contributed by atoms with Crippen LogP contribution in [-0.4, -0.2) is 23.1 Å². The van der Waals surface area contributed by atoms with E-state index in [2.05, 4.69) is 53.1 Å². The highest BCUT2D eigenvalue weighted by Crippen LogP contribution is 2.20. The molecule has 0 saturated carbocycles. The zero-order chi connectivity index (χ0) is 13.7. The van der Waals surface area contributed by atoms with Crippen LogP contribution in [0.1, 0.15) is 19.4 Å². The number of nitrogens with zero attached hydrogens (tertiary/aromatic N) is 3. The Hall–Kier alpha value is -2.10. The molecule has 0 aliphatic heterocycles. The molecular formula is C15H20N4. The number of nitrogens with one attached hydrogen (secondary N) is 1. The molecule has 1 aromatic carbocycles. The molecule has 0 bridgehead atoms. The van der Waals surface area contributed by atoms with E-state index in [1.807, 2.05) is 18.2 Å². The summed E-state index contributed by atoms with van der Waals surface area (Å²) >= 11 is 0. The van der Waals surface area contributed by atoms with E-state index < -0.39 is 0 Å². The summed E-state index contributed by atoms with van der Waals surface area (Å²) in [6.07, 6.45) is 1.61. The molecule has 1 N–H and O–H groups in total. The van der Waals surface area contributed by atoms with Gasteiger partial charge in [-0.05, 0) is 32.4 Å². The highest BCUT2D eigenvalue weighted by molar-refractivity contribution is 5.62. The summed E-state index contributed by atoms with van der Waals surface area (Å²) in [7, 11) is 0. The predicted molar refractivity (Wildman–Crippen MR) is 80.1 cm³/mol. The second-order valence-electron chi connectivity index (χ2n) is 4.37. The average Bonchev–Trinajstić information content (AvgIpc) is 2.43. The van der Waals surface area contributed by atoms with Crippen LogP contribution >= 0.6 is 0 Å². The first-order valence-corrected chi connectivity index (χ1v) is 6.64. The maximum Gasteiger partial charge on any atom is 0.135 e. The van der Waals surface area contributed by atoms with Crippen molar-refractivity contribution >= 4 is 17.3 Å². The lowest BCUT2D eigenvalue weighted by atomic mass is 10.2. The molecule has 0 aliphatic carbocycles. The third kappa shape index (κ3) is 3.22. The van der Waals surface area contributed by atoms with Crippen molar-refractivity contribution in [3.8, 4) is 0 Å². The van der Waals surface area contributed by atoms with Gasteiger partial charge >= 0.3 is 0 Å². The first kappa shape index (κ1) is 13.3. The number of aromatic nitrogens is 2. The van der Waals surface area contributed by atoms with Crippen molar-refractivity contribution in [1.29, 1.82) is 0 Å². The van der Waals surface area contributed by atoms with Crippen LogP contribution < -0.4 is 10.2 Å². The first-order valence-electron chi connectivity index (χ1n) is 6.64. The summed E-state index contributed by atoms with van der Waals surface area (Å²) in [6, 6.07) is 10.2. The molecule has 0 atom stereocenters. The average molecular weight is 256 g/mol. The molecule has 4 heteroatoms. The van der Waals surface area contributed by atoms with Crippen LogP contribution in [0.15, 0.2) is 36.7 Å². The summed E-state index contributed by atoms with van der Waals surface area (Å²) in [5, 5.41) is 3.34. The molecule has 0 saturated heterocycles. The van der Waals surface area contributed by atoms with Crippen molar-refractivity contribution in [3.63, 3.8) is 0 Å². The Labute approximate surface area is 114 Å². The molecule has 1 heterocycles. The van der Waals surface area contributed by atoms with Gasteiger partial charge in [-0.2, -0.15) is 0 Å². The molecule has 1 aromatic heterocycles. The van der Waals surface area contributed by atoms with E-state index in [0.717, 1.165) is 30.4 Å². The molecule has 0 radical (unpaired) electrons. The smallest absolute Gasteiger partial charge is 0.135 e. The number of hydrogen-bond donors (Lipinski definition) is 1. The molecule has 0 amide bonds. The van der Waals surface area contributed by atoms with Gasteiger partial charge in [-0.1, -0.05) is 18.2 Å². The molecule has 2 rings (SSSR count). The molecular weight excluding hydrogens is 236 g/mol. The van der Waals surface area contributed by atoms with Gasteiger partial charge in [0.1, 0.15) is 18.0 Å². The van der Waals surface area contributed by atoms with Crippen LogP contribution in [0, 0.1) is 6.92 Å². The number of rotatable bonds is 5. The van der Waals surface area contributed by atoms with Gasteiger partial charge in [0.05, 0.1) is 0 Å². The normalized spacial score (nSPS) is 10.3. The van der Waals surface area contributed by atoms with E-state index in [0.29, 0.717) is 0 Å². The van der Waals surface area contributed by atoms with Crippen LogP contribution in [-0.2, 0) is 0 Å². The Morgan fingerprint density at radius 3 is 2.53 bits per heavy atom. The van der Waals surface area contributed by atoms with Gasteiger partial charge in [-0.15, -0.1) is 0 Å². The summed E-state index contributed by atoms with van der Waals surface area (Å²) in [5.41, 5.74) is 2.28. The summed E-state index contributed by atoms with van der Waals surface area (Å²) in [4.78, 5) is 10.8. The van der Waals surface area contributed by atoms with E-state index in [1.165, 1.54) is 5.56 Å². The Morgan fingerprint density at radius 1 is 1.11 bits per heavy atom. The Morgan fingerprint density at radius 2 is 1.84 bits per heavy atom. The Kier molecular flexibility index (Phi) is 4.34. The van der Waals surface area contributed by atoms with Gasteiger partial charge in [-0.25, -0.2) is 9.97 Å². The second kappa shape index (κ2) is 6.18. The molecule has 100 valence electrons. The fourth-order valence-electron chi connectivity index (χ4n) is 1.99. The van der Waals surface area contributed by atoms with Crippen LogP contribution in [0.4, 0.5) is 17.3 Å². The number of hydrogen-bond acceptors (Lipinski definition) is 4. The van der Waals surface area contributed by atoms with Gasteiger partial charge < -0.3 is 10.2 Å². The van der Waals surface area contributed by atoms with Crippen molar-refractivity contribution in [3.05, 3.63) is 42.2 Å². The Bertz CT molecular complexity index is 535. The van der Waals surface area contributed by atoms with E-state index >= 15 is 0 Å². The van der Waals surface area contributed by atoms with Crippen molar-refractivity contribution in [1.82, 2.24) is 9.97 Å².